The lowest BCUT2D eigenvalue weighted by molar-refractivity contribution is -0.137. The molecule has 0 bridgehead atoms. The largest absolute Gasteiger partial charge is 0.417 e. The summed E-state index contributed by atoms with van der Waals surface area (Å²) < 4.78 is 41.3. The Labute approximate surface area is 162 Å². The number of rotatable bonds is 3. The standard InChI is InChI=1S/C16H13F3IN3OS/c1-15(2)13(24)23(14(25)22(15)7-3-6-20)11-5-4-10(9-21)12(8-11)16(17,18)19/h3-6,8H,7H2,1-2H3/b6-3-. The SMILES string of the molecule is CC1(C)C(=O)N(c2ccc(C#N)c(C(F)(F)F)c2)C(=S)N1C/C=C\I. The molecule has 2 rings (SSSR count). The Morgan fingerprint density at radius 2 is 2.04 bits per heavy atom. The molecule has 1 heterocycles. The summed E-state index contributed by atoms with van der Waals surface area (Å²) in [6.07, 6.45) is -2.91. The van der Waals surface area contributed by atoms with Crippen LogP contribution in [0, 0.1) is 11.3 Å². The van der Waals surface area contributed by atoms with Gasteiger partial charge in [-0.25, -0.2) is 0 Å². The van der Waals surface area contributed by atoms with Gasteiger partial charge in [0.1, 0.15) is 5.54 Å². The highest BCUT2D eigenvalue weighted by molar-refractivity contribution is 14.1. The molecule has 1 aliphatic rings. The molecule has 0 aliphatic carbocycles. The van der Waals surface area contributed by atoms with E-state index in [1.807, 2.05) is 22.6 Å². The number of benzene rings is 1. The van der Waals surface area contributed by atoms with Crippen molar-refractivity contribution >= 4 is 51.5 Å². The minimum absolute atomic E-state index is 0.00430. The van der Waals surface area contributed by atoms with Gasteiger partial charge in [0.25, 0.3) is 5.91 Å². The average molecular weight is 479 g/mol. The summed E-state index contributed by atoms with van der Waals surface area (Å²) >= 11 is 7.36. The van der Waals surface area contributed by atoms with E-state index >= 15 is 0 Å². The van der Waals surface area contributed by atoms with Gasteiger partial charge in [0.2, 0.25) is 0 Å². The number of halogens is 4. The van der Waals surface area contributed by atoms with Gasteiger partial charge in [-0.15, -0.1) is 0 Å². The first kappa shape index (κ1) is 19.7. The van der Waals surface area contributed by atoms with Crippen molar-refractivity contribution in [1.29, 1.82) is 5.26 Å². The van der Waals surface area contributed by atoms with Crippen molar-refractivity contribution in [3.8, 4) is 6.07 Å². The number of nitriles is 1. The molecule has 0 spiro atoms. The normalized spacial score (nSPS) is 17.5. The molecule has 0 aromatic heterocycles. The van der Waals surface area contributed by atoms with Crippen LogP contribution in [-0.2, 0) is 11.0 Å². The smallest absolute Gasteiger partial charge is 0.331 e. The molecule has 1 aromatic rings. The molecule has 0 N–H and O–H groups in total. The molecule has 0 unspecified atom stereocenters. The maximum absolute atomic E-state index is 13.2. The van der Waals surface area contributed by atoms with Gasteiger partial charge in [-0.1, -0.05) is 28.7 Å². The first-order valence-electron chi connectivity index (χ1n) is 7.08. The third kappa shape index (κ3) is 3.50. The van der Waals surface area contributed by atoms with Crippen LogP contribution in [0.2, 0.25) is 0 Å². The fraction of sp³-hybridized carbons (Fsp3) is 0.312. The monoisotopic (exact) mass is 479 g/mol. The molecule has 9 heteroatoms. The molecule has 0 atom stereocenters. The zero-order valence-corrected chi connectivity index (χ0v) is 16.2. The lowest BCUT2D eigenvalue weighted by Crippen LogP contribution is -2.44. The first-order chi connectivity index (χ1) is 11.6. The third-order valence-electron chi connectivity index (χ3n) is 3.89. The predicted molar refractivity (Wildman–Crippen MR) is 100 cm³/mol. The Hall–Kier alpha value is -1.67. The molecule has 25 heavy (non-hydrogen) atoms. The van der Waals surface area contributed by atoms with Crippen molar-refractivity contribution in [2.24, 2.45) is 0 Å². The van der Waals surface area contributed by atoms with E-state index in [4.69, 9.17) is 17.5 Å². The maximum atomic E-state index is 13.2. The van der Waals surface area contributed by atoms with Gasteiger partial charge in [0.05, 0.1) is 22.9 Å². The minimum Gasteiger partial charge on any atom is -0.331 e. The fourth-order valence-corrected chi connectivity index (χ4v) is 3.24. The lowest BCUT2D eigenvalue weighted by atomic mass is 10.0. The van der Waals surface area contributed by atoms with E-state index in [9.17, 15) is 18.0 Å². The van der Waals surface area contributed by atoms with Crippen molar-refractivity contribution in [3.05, 3.63) is 39.5 Å². The Morgan fingerprint density at radius 3 is 2.56 bits per heavy atom. The number of anilines is 1. The van der Waals surface area contributed by atoms with E-state index in [0.29, 0.717) is 6.54 Å². The van der Waals surface area contributed by atoms with Crippen molar-refractivity contribution in [2.45, 2.75) is 25.6 Å². The van der Waals surface area contributed by atoms with Crippen LogP contribution in [-0.4, -0.2) is 28.0 Å². The van der Waals surface area contributed by atoms with Crippen LogP contribution >= 0.6 is 34.8 Å². The predicted octanol–water partition coefficient (Wildman–Crippen LogP) is 4.24. The molecule has 1 fully saturated rings. The average Bonchev–Trinajstić information content (AvgIpc) is 2.70. The fourth-order valence-electron chi connectivity index (χ4n) is 2.52. The van der Waals surface area contributed by atoms with Gasteiger partial charge >= 0.3 is 6.18 Å². The second-order valence-corrected chi connectivity index (χ2v) is 6.88. The van der Waals surface area contributed by atoms with Crippen molar-refractivity contribution in [1.82, 2.24) is 4.90 Å². The molecule has 1 aromatic carbocycles. The Kier molecular flexibility index (Phi) is 5.44. The van der Waals surface area contributed by atoms with Gasteiger partial charge in [-0.2, -0.15) is 18.4 Å². The van der Waals surface area contributed by atoms with Gasteiger partial charge < -0.3 is 4.90 Å². The van der Waals surface area contributed by atoms with E-state index < -0.39 is 28.7 Å². The third-order valence-corrected chi connectivity index (χ3v) is 4.80. The van der Waals surface area contributed by atoms with E-state index in [2.05, 4.69) is 0 Å². The molecular weight excluding hydrogens is 466 g/mol. The topological polar surface area (TPSA) is 47.3 Å². The Balaban J connectivity index is 2.54. The Morgan fingerprint density at radius 1 is 1.40 bits per heavy atom. The van der Waals surface area contributed by atoms with E-state index in [0.717, 1.165) is 17.0 Å². The van der Waals surface area contributed by atoms with Crippen LogP contribution in [0.15, 0.2) is 28.4 Å². The van der Waals surface area contributed by atoms with Crippen LogP contribution in [0.5, 0.6) is 0 Å². The van der Waals surface area contributed by atoms with E-state index in [1.54, 1.807) is 28.9 Å². The number of thiocarbonyl (C=S) groups is 1. The molecule has 0 radical (unpaired) electrons. The highest BCUT2D eigenvalue weighted by atomic mass is 127. The zero-order valence-electron chi connectivity index (χ0n) is 13.3. The minimum atomic E-state index is -4.70. The molecule has 4 nitrogen and oxygen atoms in total. The lowest BCUT2D eigenvalue weighted by Gasteiger charge is -2.28. The highest BCUT2D eigenvalue weighted by Gasteiger charge is 2.49. The number of alkyl halides is 3. The molecule has 1 amide bonds. The number of carbonyl (C=O) groups is 1. The highest BCUT2D eigenvalue weighted by Crippen LogP contribution is 2.37. The van der Waals surface area contributed by atoms with Crippen LogP contribution in [0.3, 0.4) is 0 Å². The second-order valence-electron chi connectivity index (χ2n) is 5.79. The van der Waals surface area contributed by atoms with Crippen molar-refractivity contribution in [2.75, 3.05) is 11.4 Å². The van der Waals surface area contributed by atoms with Crippen LogP contribution in [0.4, 0.5) is 18.9 Å². The summed E-state index contributed by atoms with van der Waals surface area (Å²) in [5, 5.41) is 9.02. The van der Waals surface area contributed by atoms with E-state index in [-0.39, 0.29) is 10.8 Å². The molecule has 1 aliphatic heterocycles. The van der Waals surface area contributed by atoms with Gasteiger partial charge in [-0.3, -0.25) is 9.69 Å². The number of hydrogen-bond donors (Lipinski definition) is 0. The number of hydrogen-bond acceptors (Lipinski definition) is 3. The van der Waals surface area contributed by atoms with Crippen LogP contribution in [0.1, 0.15) is 25.0 Å². The summed E-state index contributed by atoms with van der Waals surface area (Å²) in [4.78, 5) is 15.5. The van der Waals surface area contributed by atoms with Crippen LogP contribution < -0.4 is 4.90 Å². The number of carbonyl (C=O) groups excluding carboxylic acids is 1. The van der Waals surface area contributed by atoms with Crippen LogP contribution in [0.25, 0.3) is 0 Å². The number of nitrogens with zero attached hydrogens (tertiary/aromatic N) is 3. The molecule has 1 saturated heterocycles. The molecule has 0 saturated carbocycles. The summed E-state index contributed by atoms with van der Waals surface area (Å²) in [6, 6.07) is 4.65. The first-order valence-corrected chi connectivity index (χ1v) is 8.73. The molecule has 132 valence electrons. The zero-order chi connectivity index (χ0) is 19.0. The number of amides is 1. The Bertz CT molecular complexity index is 799. The van der Waals surface area contributed by atoms with Gasteiger partial charge in [0.15, 0.2) is 5.11 Å². The second kappa shape index (κ2) is 6.92. The van der Waals surface area contributed by atoms with E-state index in [1.165, 1.54) is 12.1 Å². The summed E-state index contributed by atoms with van der Waals surface area (Å²) in [7, 11) is 0. The molecular formula is C16H13F3IN3OS. The van der Waals surface area contributed by atoms with Crippen molar-refractivity contribution in [3.63, 3.8) is 0 Å². The summed E-state index contributed by atoms with van der Waals surface area (Å²) in [5.74, 6) is -0.419. The quantitative estimate of drug-likeness (QED) is 0.481. The van der Waals surface area contributed by atoms with Gasteiger partial charge in [-0.05, 0) is 48.3 Å². The summed E-state index contributed by atoms with van der Waals surface area (Å²) in [6.45, 7) is 3.69. The van der Waals surface area contributed by atoms with Crippen molar-refractivity contribution < 1.29 is 18.0 Å². The maximum Gasteiger partial charge on any atom is 0.417 e. The van der Waals surface area contributed by atoms with Gasteiger partial charge in [0, 0.05) is 6.54 Å². The summed E-state index contributed by atoms with van der Waals surface area (Å²) in [5.41, 5.74) is -2.58.